The molecule has 0 aliphatic heterocycles. The second kappa shape index (κ2) is 6.75. The molecule has 2 fully saturated rings. The van der Waals surface area contributed by atoms with E-state index in [1.54, 1.807) is 0 Å². The summed E-state index contributed by atoms with van der Waals surface area (Å²) in [5, 5.41) is 3.76. The van der Waals surface area contributed by atoms with Gasteiger partial charge in [0.1, 0.15) is 0 Å². The predicted molar refractivity (Wildman–Crippen MR) is 73.9 cm³/mol. The van der Waals surface area contributed by atoms with Crippen molar-refractivity contribution in [2.45, 2.75) is 64.3 Å². The van der Waals surface area contributed by atoms with E-state index in [4.69, 9.17) is 5.73 Å². The summed E-state index contributed by atoms with van der Waals surface area (Å²) in [6, 6.07) is 0.723. The van der Waals surface area contributed by atoms with Gasteiger partial charge in [-0.2, -0.15) is 0 Å². The number of rotatable bonds is 5. The molecule has 2 heteroatoms. The molecule has 0 aromatic heterocycles. The third-order valence-electron chi connectivity index (χ3n) is 4.97. The second-order valence-electron chi connectivity index (χ2n) is 6.41. The maximum Gasteiger partial charge on any atom is 0.0107 e. The van der Waals surface area contributed by atoms with Gasteiger partial charge in [0, 0.05) is 6.04 Å². The van der Waals surface area contributed by atoms with Gasteiger partial charge in [-0.05, 0) is 56.5 Å². The molecule has 3 N–H and O–H groups in total. The Kier molecular flexibility index (Phi) is 5.30. The fourth-order valence-corrected chi connectivity index (χ4v) is 3.88. The first-order valence-corrected chi connectivity index (χ1v) is 7.73. The van der Waals surface area contributed by atoms with E-state index < -0.39 is 0 Å². The molecule has 100 valence electrons. The first kappa shape index (κ1) is 13.4. The highest BCUT2D eigenvalue weighted by Crippen LogP contribution is 2.30. The summed E-state index contributed by atoms with van der Waals surface area (Å²) in [7, 11) is 0. The van der Waals surface area contributed by atoms with E-state index in [-0.39, 0.29) is 0 Å². The zero-order valence-electron chi connectivity index (χ0n) is 11.5. The van der Waals surface area contributed by atoms with Crippen molar-refractivity contribution < 1.29 is 0 Å². The SMILES string of the molecule is CC1CCCC(CCNC2CCCC2CN)C1. The molecule has 0 radical (unpaired) electrons. The molecule has 2 nitrogen and oxygen atoms in total. The normalized spacial score (nSPS) is 38.5. The summed E-state index contributed by atoms with van der Waals surface area (Å²) < 4.78 is 0. The molecule has 2 aliphatic carbocycles. The molecule has 0 spiro atoms. The third kappa shape index (κ3) is 3.96. The lowest BCUT2D eigenvalue weighted by atomic mass is 9.81. The highest BCUT2D eigenvalue weighted by Gasteiger charge is 2.25. The minimum Gasteiger partial charge on any atom is -0.330 e. The van der Waals surface area contributed by atoms with Crippen molar-refractivity contribution >= 4 is 0 Å². The van der Waals surface area contributed by atoms with Crippen molar-refractivity contribution in [2.75, 3.05) is 13.1 Å². The molecule has 4 atom stereocenters. The molecular formula is C15H30N2. The Bertz CT molecular complexity index is 217. The zero-order valence-corrected chi connectivity index (χ0v) is 11.5. The molecule has 4 unspecified atom stereocenters. The van der Waals surface area contributed by atoms with Gasteiger partial charge in [-0.25, -0.2) is 0 Å². The van der Waals surface area contributed by atoms with Gasteiger partial charge in [0.25, 0.3) is 0 Å². The van der Waals surface area contributed by atoms with Gasteiger partial charge >= 0.3 is 0 Å². The lowest BCUT2D eigenvalue weighted by Crippen LogP contribution is -2.37. The van der Waals surface area contributed by atoms with Gasteiger partial charge in [0.2, 0.25) is 0 Å². The van der Waals surface area contributed by atoms with Crippen LogP contribution >= 0.6 is 0 Å². The number of hydrogen-bond acceptors (Lipinski definition) is 2. The molecule has 0 amide bonds. The first-order chi connectivity index (χ1) is 8.29. The van der Waals surface area contributed by atoms with Crippen LogP contribution in [0, 0.1) is 17.8 Å². The van der Waals surface area contributed by atoms with Gasteiger partial charge in [-0.1, -0.05) is 32.6 Å². The molecule has 0 heterocycles. The van der Waals surface area contributed by atoms with Gasteiger partial charge in [-0.15, -0.1) is 0 Å². The van der Waals surface area contributed by atoms with Gasteiger partial charge in [0.05, 0.1) is 0 Å². The van der Waals surface area contributed by atoms with Crippen molar-refractivity contribution in [2.24, 2.45) is 23.5 Å². The van der Waals surface area contributed by atoms with Crippen LogP contribution in [0.15, 0.2) is 0 Å². The van der Waals surface area contributed by atoms with Crippen LogP contribution in [-0.4, -0.2) is 19.1 Å². The molecular weight excluding hydrogens is 208 g/mol. The topological polar surface area (TPSA) is 38.0 Å². The van der Waals surface area contributed by atoms with E-state index in [9.17, 15) is 0 Å². The van der Waals surface area contributed by atoms with Crippen molar-refractivity contribution in [1.82, 2.24) is 5.32 Å². The quantitative estimate of drug-likeness (QED) is 0.773. The fourth-order valence-electron chi connectivity index (χ4n) is 3.88. The van der Waals surface area contributed by atoms with Crippen LogP contribution in [0.4, 0.5) is 0 Å². The van der Waals surface area contributed by atoms with Crippen molar-refractivity contribution in [1.29, 1.82) is 0 Å². The van der Waals surface area contributed by atoms with Crippen LogP contribution in [0.1, 0.15) is 58.3 Å². The maximum atomic E-state index is 5.82. The molecule has 2 aliphatic rings. The Labute approximate surface area is 107 Å². The summed E-state index contributed by atoms with van der Waals surface area (Å²) in [5.74, 6) is 2.71. The van der Waals surface area contributed by atoms with Gasteiger partial charge < -0.3 is 11.1 Å². The van der Waals surface area contributed by atoms with Crippen molar-refractivity contribution in [3.8, 4) is 0 Å². The fraction of sp³-hybridized carbons (Fsp3) is 1.00. The largest absolute Gasteiger partial charge is 0.330 e. The molecule has 0 bridgehead atoms. The Balaban J connectivity index is 1.62. The van der Waals surface area contributed by atoms with Crippen LogP contribution in [-0.2, 0) is 0 Å². The number of hydrogen-bond donors (Lipinski definition) is 2. The summed E-state index contributed by atoms with van der Waals surface area (Å²) in [4.78, 5) is 0. The van der Waals surface area contributed by atoms with E-state index in [0.29, 0.717) is 0 Å². The summed E-state index contributed by atoms with van der Waals surface area (Å²) in [6.45, 7) is 4.51. The van der Waals surface area contributed by atoms with Crippen LogP contribution in [0.2, 0.25) is 0 Å². The molecule has 17 heavy (non-hydrogen) atoms. The minimum absolute atomic E-state index is 0.723. The molecule has 2 saturated carbocycles. The van der Waals surface area contributed by atoms with E-state index in [2.05, 4.69) is 12.2 Å². The average Bonchev–Trinajstić information content (AvgIpc) is 2.77. The molecule has 0 aromatic rings. The monoisotopic (exact) mass is 238 g/mol. The summed E-state index contributed by atoms with van der Waals surface area (Å²) >= 11 is 0. The van der Waals surface area contributed by atoms with Crippen LogP contribution in [0.25, 0.3) is 0 Å². The van der Waals surface area contributed by atoms with Crippen LogP contribution < -0.4 is 11.1 Å². The van der Waals surface area contributed by atoms with E-state index in [0.717, 1.165) is 30.3 Å². The first-order valence-electron chi connectivity index (χ1n) is 7.73. The van der Waals surface area contributed by atoms with Crippen molar-refractivity contribution in [3.63, 3.8) is 0 Å². The zero-order chi connectivity index (χ0) is 12.1. The Morgan fingerprint density at radius 3 is 2.71 bits per heavy atom. The summed E-state index contributed by atoms with van der Waals surface area (Å²) in [5.41, 5.74) is 5.82. The van der Waals surface area contributed by atoms with Gasteiger partial charge in [-0.3, -0.25) is 0 Å². The van der Waals surface area contributed by atoms with E-state index >= 15 is 0 Å². The highest BCUT2D eigenvalue weighted by molar-refractivity contribution is 4.84. The minimum atomic E-state index is 0.723. The molecule has 0 aromatic carbocycles. The maximum absolute atomic E-state index is 5.82. The molecule has 0 saturated heterocycles. The van der Waals surface area contributed by atoms with Crippen LogP contribution in [0.3, 0.4) is 0 Å². The van der Waals surface area contributed by atoms with Crippen molar-refractivity contribution in [3.05, 3.63) is 0 Å². The lowest BCUT2D eigenvalue weighted by Gasteiger charge is -2.27. The highest BCUT2D eigenvalue weighted by atomic mass is 14.9. The standard InChI is InChI=1S/C15H30N2/c1-12-4-2-5-13(10-12)8-9-17-15-7-3-6-14(15)11-16/h12-15,17H,2-11,16H2,1H3. The summed E-state index contributed by atoms with van der Waals surface area (Å²) in [6.07, 6.45) is 11.3. The third-order valence-corrected chi connectivity index (χ3v) is 4.97. The number of nitrogens with two attached hydrogens (primary N) is 1. The molecule has 2 rings (SSSR count). The second-order valence-corrected chi connectivity index (χ2v) is 6.41. The van der Waals surface area contributed by atoms with Gasteiger partial charge in [0.15, 0.2) is 0 Å². The lowest BCUT2D eigenvalue weighted by molar-refractivity contribution is 0.261. The van der Waals surface area contributed by atoms with Crippen LogP contribution in [0.5, 0.6) is 0 Å². The average molecular weight is 238 g/mol. The number of nitrogens with one attached hydrogen (secondary N) is 1. The Hall–Kier alpha value is -0.0800. The van der Waals surface area contributed by atoms with E-state index in [1.807, 2.05) is 0 Å². The Morgan fingerprint density at radius 2 is 1.94 bits per heavy atom. The Morgan fingerprint density at radius 1 is 1.12 bits per heavy atom. The van der Waals surface area contributed by atoms with E-state index in [1.165, 1.54) is 57.9 Å². The smallest absolute Gasteiger partial charge is 0.0107 e. The predicted octanol–water partition coefficient (Wildman–Crippen LogP) is 2.92.